The van der Waals surface area contributed by atoms with Crippen molar-refractivity contribution in [3.8, 4) is 0 Å². The maximum atomic E-state index is 5.13. The predicted octanol–water partition coefficient (Wildman–Crippen LogP) is 5.77. The second-order valence-electron chi connectivity index (χ2n) is 6.72. The molecule has 1 rings (SSSR count). The minimum Gasteiger partial charge on any atom is -0.659 e. The van der Waals surface area contributed by atoms with Gasteiger partial charge in [-0.2, -0.15) is 0 Å². The topological polar surface area (TPSA) is 14.1 Å². The first-order chi connectivity index (χ1) is 7.47. The molecule has 1 nitrogen and oxygen atoms in total. The second-order valence-corrected chi connectivity index (χ2v) is 10.6. The molecular formula is C17H33NSiZr+. The van der Waals surface area contributed by atoms with E-state index in [1.807, 2.05) is 0 Å². The van der Waals surface area contributed by atoms with Gasteiger partial charge >= 0.3 is 26.2 Å². The first-order valence-electron chi connectivity index (χ1n) is 6.45. The summed E-state index contributed by atoms with van der Waals surface area (Å²) >= 11 is 0. The summed E-state index contributed by atoms with van der Waals surface area (Å²) < 4.78 is 0. The van der Waals surface area contributed by atoms with E-state index in [-0.39, 0.29) is 46.6 Å². The van der Waals surface area contributed by atoms with Crippen molar-refractivity contribution in [1.29, 1.82) is 0 Å². The fraction of sp³-hybridized carbons (Fsp3) is 0.588. The van der Waals surface area contributed by atoms with Crippen LogP contribution >= 0.6 is 0 Å². The monoisotopic (exact) mass is 369 g/mol. The van der Waals surface area contributed by atoms with Gasteiger partial charge in [-0.05, 0) is 29.2 Å². The van der Waals surface area contributed by atoms with Crippen molar-refractivity contribution < 1.29 is 26.2 Å². The average molecular weight is 371 g/mol. The summed E-state index contributed by atoms with van der Waals surface area (Å²) in [5, 5.41) is 0. The van der Waals surface area contributed by atoms with E-state index in [1.54, 1.807) is 5.54 Å². The van der Waals surface area contributed by atoms with Crippen LogP contribution in [0.25, 0.3) is 4.98 Å². The largest absolute Gasteiger partial charge is 4.00 e. The van der Waals surface area contributed by atoms with E-state index < -0.39 is 8.24 Å². The Morgan fingerprint density at radius 1 is 0.750 bits per heavy atom. The van der Waals surface area contributed by atoms with Crippen molar-refractivity contribution in [3.05, 3.63) is 49.0 Å². The summed E-state index contributed by atoms with van der Waals surface area (Å²) in [7, 11) is -1.69. The summed E-state index contributed by atoms with van der Waals surface area (Å²) in [6.07, 6.45) is 0. The molecule has 0 N–H and O–H groups in total. The molecule has 1 fully saturated rings. The van der Waals surface area contributed by atoms with E-state index in [4.69, 9.17) is 4.98 Å². The van der Waals surface area contributed by atoms with Crippen LogP contribution in [-0.2, 0) is 26.2 Å². The number of hydrogen-bond donors (Lipinski definition) is 0. The molecule has 0 atom stereocenters. The fourth-order valence-electron chi connectivity index (χ4n) is 3.03. The van der Waals surface area contributed by atoms with Crippen LogP contribution in [0.2, 0.25) is 13.1 Å². The Balaban J connectivity index is -0.000000963. The molecule has 0 aromatic rings. The molecule has 0 heterocycles. The molecule has 1 aliphatic rings. The molecular weight excluding hydrogens is 338 g/mol. The minimum atomic E-state index is -1.69. The third-order valence-electron chi connectivity index (χ3n) is 3.66. The summed E-state index contributed by atoms with van der Waals surface area (Å²) in [5.41, 5.74) is 1.62. The molecule has 0 unspecified atom stereocenters. The van der Waals surface area contributed by atoms with E-state index in [2.05, 4.69) is 61.6 Å². The summed E-state index contributed by atoms with van der Waals surface area (Å²) in [4.78, 5) is 5.13. The van der Waals surface area contributed by atoms with Crippen molar-refractivity contribution in [2.45, 2.75) is 67.1 Å². The minimum absolute atomic E-state index is 0. The standard InChI is InChI=1S/C15H27NSi.2CH3.Zr/c1-10-11(2)13(4)14(12(10)3)17(8,9)16-15(5,6)7;;;/h1-9H3;2*1H3;/q3*-1;+4. The van der Waals surface area contributed by atoms with Crippen LogP contribution in [0.5, 0.6) is 0 Å². The van der Waals surface area contributed by atoms with Gasteiger partial charge in [0.25, 0.3) is 0 Å². The molecule has 0 aliphatic heterocycles. The maximum absolute atomic E-state index is 5.13. The normalized spacial score (nSPS) is 20.2. The molecule has 5 radical (unpaired) electrons. The van der Waals surface area contributed by atoms with Crippen LogP contribution in [0.1, 0.15) is 48.5 Å². The van der Waals surface area contributed by atoms with Crippen molar-refractivity contribution in [2.75, 3.05) is 0 Å². The molecule has 0 amide bonds. The second kappa shape index (κ2) is 8.63. The van der Waals surface area contributed by atoms with Gasteiger partial charge < -0.3 is 19.8 Å². The third kappa shape index (κ3) is 5.69. The SMILES string of the molecule is C[C]1[C](C)[C](C)[C]([Si](C)(C)[N-]C(C)(C)C)[C]1C.[CH3-].[CH3-].[Zr+4]. The predicted molar refractivity (Wildman–Crippen MR) is 92.3 cm³/mol. The summed E-state index contributed by atoms with van der Waals surface area (Å²) in [6, 6.07) is 0. The summed E-state index contributed by atoms with van der Waals surface area (Å²) in [6.45, 7) is 20.3. The Morgan fingerprint density at radius 3 is 1.30 bits per heavy atom. The Labute approximate surface area is 150 Å². The van der Waals surface area contributed by atoms with Gasteiger partial charge in [-0.1, -0.05) is 69.8 Å². The van der Waals surface area contributed by atoms with Gasteiger partial charge in [0.1, 0.15) is 0 Å². The molecule has 0 saturated heterocycles. The van der Waals surface area contributed by atoms with Gasteiger partial charge in [-0.15, -0.1) is 5.54 Å². The molecule has 0 bridgehead atoms. The van der Waals surface area contributed by atoms with E-state index >= 15 is 0 Å². The van der Waals surface area contributed by atoms with Crippen LogP contribution in [0.4, 0.5) is 0 Å². The van der Waals surface area contributed by atoms with Crippen LogP contribution in [0.15, 0.2) is 0 Å². The van der Waals surface area contributed by atoms with Crippen molar-refractivity contribution >= 4 is 8.24 Å². The average Bonchev–Trinajstić information content (AvgIpc) is 2.27. The number of rotatable bonds is 2. The van der Waals surface area contributed by atoms with E-state index in [0.29, 0.717) is 0 Å². The molecule has 0 aromatic carbocycles. The third-order valence-corrected chi connectivity index (χ3v) is 6.87. The fourth-order valence-corrected chi connectivity index (χ4v) is 7.03. The van der Waals surface area contributed by atoms with Crippen LogP contribution in [0, 0.1) is 44.1 Å². The Hall–Kier alpha value is 1.06. The van der Waals surface area contributed by atoms with Crippen LogP contribution < -0.4 is 0 Å². The van der Waals surface area contributed by atoms with E-state index in [1.165, 1.54) is 23.7 Å². The number of hydrogen-bond acceptors (Lipinski definition) is 0. The zero-order valence-electron chi connectivity index (χ0n) is 15.4. The molecule has 0 spiro atoms. The van der Waals surface area contributed by atoms with Gasteiger partial charge in [0.05, 0.1) is 0 Å². The van der Waals surface area contributed by atoms with Crippen LogP contribution in [-0.4, -0.2) is 13.8 Å². The first-order valence-corrected chi connectivity index (χ1v) is 9.39. The first kappa shape index (κ1) is 26.0. The Morgan fingerprint density at radius 2 is 1.05 bits per heavy atom. The molecule has 3 heteroatoms. The molecule has 20 heavy (non-hydrogen) atoms. The van der Waals surface area contributed by atoms with Crippen LogP contribution in [0.3, 0.4) is 0 Å². The number of nitrogens with zero attached hydrogens (tertiary/aromatic N) is 1. The van der Waals surface area contributed by atoms with Crippen molar-refractivity contribution in [3.63, 3.8) is 0 Å². The van der Waals surface area contributed by atoms with E-state index in [0.717, 1.165) is 0 Å². The van der Waals surface area contributed by atoms with Crippen molar-refractivity contribution in [2.24, 2.45) is 0 Å². The van der Waals surface area contributed by atoms with Gasteiger partial charge in [-0.3, -0.25) is 0 Å². The van der Waals surface area contributed by atoms with Gasteiger partial charge in [0.15, 0.2) is 0 Å². The zero-order chi connectivity index (χ0) is 13.6. The smallest absolute Gasteiger partial charge is 0.659 e. The van der Waals surface area contributed by atoms with Gasteiger partial charge in [-0.25, -0.2) is 0 Å². The Kier molecular flexibility index (Phi) is 11.2. The quantitative estimate of drug-likeness (QED) is 0.433. The molecule has 113 valence electrons. The zero-order valence-corrected chi connectivity index (χ0v) is 18.9. The molecule has 0 aromatic heterocycles. The van der Waals surface area contributed by atoms with Gasteiger partial charge in [0, 0.05) is 0 Å². The van der Waals surface area contributed by atoms with Crippen molar-refractivity contribution in [1.82, 2.24) is 0 Å². The molecule has 1 saturated carbocycles. The summed E-state index contributed by atoms with van der Waals surface area (Å²) in [5.74, 6) is 5.87. The maximum Gasteiger partial charge on any atom is 4.00 e. The Bertz CT molecular complexity index is 259. The molecule has 1 aliphatic carbocycles. The van der Waals surface area contributed by atoms with Gasteiger partial charge in [0.2, 0.25) is 0 Å². The van der Waals surface area contributed by atoms with E-state index in [9.17, 15) is 0 Å².